The zero-order chi connectivity index (χ0) is 22.2. The van der Waals surface area contributed by atoms with Crippen LogP contribution in [0, 0.1) is 0 Å². The van der Waals surface area contributed by atoms with Crippen molar-refractivity contribution in [3.63, 3.8) is 0 Å². The Morgan fingerprint density at radius 1 is 1.26 bits per heavy atom. The van der Waals surface area contributed by atoms with Gasteiger partial charge in [-0.1, -0.05) is 47.1 Å². The number of nitrogens with zero attached hydrogens (tertiary/aromatic N) is 4. The van der Waals surface area contributed by atoms with E-state index in [1.54, 1.807) is 42.5 Å². The lowest BCUT2D eigenvalue weighted by molar-refractivity contribution is -0.113. The van der Waals surface area contributed by atoms with Gasteiger partial charge in [0.15, 0.2) is 0 Å². The predicted octanol–water partition coefficient (Wildman–Crippen LogP) is 3.87. The van der Waals surface area contributed by atoms with Gasteiger partial charge in [-0.15, -0.1) is 10.2 Å². The molecule has 4 N–H and O–H groups in total. The van der Waals surface area contributed by atoms with E-state index in [1.807, 2.05) is 6.92 Å². The molecule has 0 saturated carbocycles. The number of nitrogen functional groups attached to an aromatic ring is 1. The number of rotatable bonds is 9. The Bertz CT molecular complexity index is 1070. The van der Waals surface area contributed by atoms with Crippen molar-refractivity contribution in [2.24, 2.45) is 5.10 Å². The number of nitrogens with one attached hydrogen (secondary N) is 2. The van der Waals surface area contributed by atoms with Crippen LogP contribution >= 0.6 is 35.0 Å². The zero-order valence-corrected chi connectivity index (χ0v) is 18.7. The van der Waals surface area contributed by atoms with Crippen molar-refractivity contribution in [1.29, 1.82) is 0 Å². The number of carbonyl (C=O) groups is 1. The first-order valence-corrected chi connectivity index (χ1v) is 10.8. The van der Waals surface area contributed by atoms with Gasteiger partial charge in [0.2, 0.25) is 11.1 Å². The summed E-state index contributed by atoms with van der Waals surface area (Å²) in [5, 5.41) is 15.9. The number of carbonyl (C=O) groups excluding carboxylic acids is 1. The normalized spacial score (nSPS) is 10.9. The summed E-state index contributed by atoms with van der Waals surface area (Å²) in [6, 6.07) is 12.3. The highest BCUT2D eigenvalue weighted by Crippen LogP contribution is 2.24. The molecule has 1 aromatic heterocycles. The fourth-order valence-corrected chi connectivity index (χ4v) is 3.37. The third-order valence-corrected chi connectivity index (χ3v) is 5.57. The van der Waals surface area contributed by atoms with Crippen LogP contribution < -0.4 is 21.3 Å². The molecule has 0 atom stereocenters. The second kappa shape index (κ2) is 10.9. The maximum Gasteiger partial charge on any atom is 0.264 e. The van der Waals surface area contributed by atoms with E-state index in [-0.39, 0.29) is 17.6 Å². The van der Waals surface area contributed by atoms with Gasteiger partial charge < -0.3 is 15.9 Å². The number of anilines is 2. The van der Waals surface area contributed by atoms with E-state index in [9.17, 15) is 4.79 Å². The standard InChI is InChI=1S/C19H19Cl2N7O2S/c1-2-30-14-8-6-13(7-9-14)24-16(29)11-31-19-27-26-18(28(19)22)25-23-10-12-4-3-5-15(20)17(12)21/h3-10H,2,11,22H2,1H3,(H,24,29)(H,25,26)/b23-10+. The van der Waals surface area contributed by atoms with Crippen LogP contribution in [-0.4, -0.2) is 39.4 Å². The lowest BCUT2D eigenvalue weighted by Crippen LogP contribution is -2.16. The fourth-order valence-electron chi connectivity index (χ4n) is 2.36. The van der Waals surface area contributed by atoms with Gasteiger partial charge in [0.1, 0.15) is 5.75 Å². The summed E-state index contributed by atoms with van der Waals surface area (Å²) in [7, 11) is 0. The van der Waals surface area contributed by atoms with Gasteiger partial charge in [0.05, 0.1) is 28.6 Å². The van der Waals surface area contributed by atoms with Gasteiger partial charge in [-0.3, -0.25) is 4.79 Å². The lowest BCUT2D eigenvalue weighted by atomic mass is 10.2. The molecule has 2 aromatic carbocycles. The van der Waals surface area contributed by atoms with E-state index in [0.29, 0.717) is 33.1 Å². The van der Waals surface area contributed by atoms with Crippen LogP contribution in [0.5, 0.6) is 5.75 Å². The van der Waals surface area contributed by atoms with Crippen LogP contribution in [0.25, 0.3) is 0 Å². The largest absolute Gasteiger partial charge is 0.494 e. The van der Waals surface area contributed by atoms with Crippen LogP contribution in [0.4, 0.5) is 11.6 Å². The number of hydrazone groups is 1. The Labute approximate surface area is 192 Å². The molecule has 1 amide bonds. The molecule has 0 radical (unpaired) electrons. The van der Waals surface area contributed by atoms with Crippen LogP contribution in [-0.2, 0) is 4.79 Å². The predicted molar refractivity (Wildman–Crippen MR) is 125 cm³/mol. The van der Waals surface area contributed by atoms with Crippen molar-refractivity contribution >= 4 is 58.7 Å². The van der Waals surface area contributed by atoms with E-state index in [4.69, 9.17) is 33.8 Å². The van der Waals surface area contributed by atoms with Gasteiger partial charge in [0.25, 0.3) is 5.95 Å². The van der Waals surface area contributed by atoms with Gasteiger partial charge in [-0.05, 0) is 37.3 Å². The Hall–Kier alpha value is -2.95. The van der Waals surface area contributed by atoms with Gasteiger partial charge >= 0.3 is 0 Å². The molecule has 1 heterocycles. The zero-order valence-electron chi connectivity index (χ0n) is 16.4. The Morgan fingerprint density at radius 3 is 2.77 bits per heavy atom. The molecule has 0 spiro atoms. The minimum absolute atomic E-state index is 0.101. The number of nitrogens with two attached hydrogens (primary N) is 1. The summed E-state index contributed by atoms with van der Waals surface area (Å²) in [6.07, 6.45) is 1.49. The summed E-state index contributed by atoms with van der Waals surface area (Å²) in [5.41, 5.74) is 3.97. The molecule has 9 nitrogen and oxygen atoms in total. The molecular weight excluding hydrogens is 461 g/mol. The van der Waals surface area contributed by atoms with Crippen molar-refractivity contribution in [2.75, 3.05) is 28.9 Å². The van der Waals surface area contributed by atoms with Crippen molar-refractivity contribution in [3.05, 3.63) is 58.1 Å². The highest BCUT2D eigenvalue weighted by atomic mass is 35.5. The number of ether oxygens (including phenoxy) is 1. The quantitative estimate of drug-likeness (QED) is 0.184. The molecule has 0 saturated heterocycles. The molecule has 12 heteroatoms. The maximum absolute atomic E-state index is 12.2. The first kappa shape index (κ1) is 22.7. The molecule has 0 unspecified atom stereocenters. The minimum Gasteiger partial charge on any atom is -0.494 e. The highest BCUT2D eigenvalue weighted by molar-refractivity contribution is 7.99. The topological polar surface area (TPSA) is 119 Å². The Morgan fingerprint density at radius 2 is 2.03 bits per heavy atom. The second-order valence-electron chi connectivity index (χ2n) is 5.98. The highest BCUT2D eigenvalue weighted by Gasteiger charge is 2.12. The van der Waals surface area contributed by atoms with Gasteiger partial charge in [-0.2, -0.15) is 5.10 Å². The van der Waals surface area contributed by atoms with E-state index in [0.717, 1.165) is 17.5 Å². The number of halogens is 2. The molecule has 162 valence electrons. The van der Waals surface area contributed by atoms with Crippen molar-refractivity contribution in [2.45, 2.75) is 12.1 Å². The molecule has 31 heavy (non-hydrogen) atoms. The number of hydrogen-bond donors (Lipinski definition) is 3. The number of hydrogen-bond acceptors (Lipinski definition) is 8. The first-order valence-electron chi connectivity index (χ1n) is 9.07. The molecular formula is C19H19Cl2N7O2S. The molecule has 3 aromatic rings. The van der Waals surface area contributed by atoms with Crippen molar-refractivity contribution in [1.82, 2.24) is 14.9 Å². The third kappa shape index (κ3) is 6.27. The first-order chi connectivity index (χ1) is 15.0. The third-order valence-electron chi connectivity index (χ3n) is 3.80. The minimum atomic E-state index is -0.208. The average molecular weight is 480 g/mol. The molecule has 0 aliphatic heterocycles. The molecule has 0 fully saturated rings. The van der Waals surface area contributed by atoms with E-state index >= 15 is 0 Å². The van der Waals surface area contributed by atoms with E-state index in [2.05, 4.69) is 26.0 Å². The summed E-state index contributed by atoms with van der Waals surface area (Å²) in [5.74, 6) is 6.80. The Balaban J connectivity index is 1.52. The number of thioether (sulfide) groups is 1. The maximum atomic E-state index is 12.2. The van der Waals surface area contributed by atoms with Crippen LogP contribution in [0.1, 0.15) is 12.5 Å². The van der Waals surface area contributed by atoms with E-state index in [1.165, 1.54) is 10.9 Å². The summed E-state index contributed by atoms with van der Waals surface area (Å²) >= 11 is 13.2. The summed E-state index contributed by atoms with van der Waals surface area (Å²) < 4.78 is 6.57. The van der Waals surface area contributed by atoms with Crippen LogP contribution in [0.3, 0.4) is 0 Å². The number of aromatic nitrogens is 3. The van der Waals surface area contributed by atoms with Crippen LogP contribution in [0.2, 0.25) is 10.0 Å². The number of benzene rings is 2. The van der Waals surface area contributed by atoms with Crippen molar-refractivity contribution in [3.8, 4) is 5.75 Å². The van der Waals surface area contributed by atoms with E-state index < -0.39 is 0 Å². The molecule has 0 bridgehead atoms. The monoisotopic (exact) mass is 479 g/mol. The second-order valence-corrected chi connectivity index (χ2v) is 7.71. The molecule has 3 rings (SSSR count). The van der Waals surface area contributed by atoms with Gasteiger partial charge in [-0.25, -0.2) is 10.1 Å². The molecule has 0 aliphatic carbocycles. The Kier molecular flexibility index (Phi) is 7.99. The van der Waals surface area contributed by atoms with Crippen molar-refractivity contribution < 1.29 is 9.53 Å². The number of amides is 1. The fraction of sp³-hybridized carbons (Fsp3) is 0.158. The smallest absolute Gasteiger partial charge is 0.264 e. The lowest BCUT2D eigenvalue weighted by Gasteiger charge is -2.07. The van der Waals surface area contributed by atoms with Crippen LogP contribution in [0.15, 0.2) is 52.7 Å². The van der Waals surface area contributed by atoms with Gasteiger partial charge in [0, 0.05) is 11.3 Å². The summed E-state index contributed by atoms with van der Waals surface area (Å²) in [6.45, 7) is 2.49. The SMILES string of the molecule is CCOc1ccc(NC(=O)CSc2nnc(N/N=C/c3cccc(Cl)c3Cl)n2N)cc1. The summed E-state index contributed by atoms with van der Waals surface area (Å²) in [4.78, 5) is 12.2. The molecule has 0 aliphatic rings. The average Bonchev–Trinajstić information content (AvgIpc) is 3.11.